The predicted octanol–water partition coefficient (Wildman–Crippen LogP) is 20.0. The zero-order valence-electron chi connectivity index (χ0n) is 39.4. The van der Waals surface area contributed by atoms with E-state index in [1.165, 1.54) is 0 Å². The van der Waals surface area contributed by atoms with Gasteiger partial charge in [-0.25, -0.2) is 0 Å². The summed E-state index contributed by atoms with van der Waals surface area (Å²) in [7, 11) is 0. The molecule has 0 amide bonds. The van der Waals surface area contributed by atoms with Crippen LogP contribution in [0.5, 0.6) is 0 Å². The molecular weight excluding hydrogens is 893 g/mol. The molecule has 12 aromatic carbocycles. The van der Waals surface area contributed by atoms with Crippen molar-refractivity contribution in [3.8, 4) is 22.3 Å². The summed E-state index contributed by atoms with van der Waals surface area (Å²) in [4.78, 5) is 4.60. The first-order chi connectivity index (χ1) is 36.2. The van der Waals surface area contributed by atoms with Crippen molar-refractivity contribution in [2.24, 2.45) is 0 Å². The monoisotopic (exact) mass is 934 g/mol. The highest BCUT2D eigenvalue weighted by Gasteiger charge is 2.24. The van der Waals surface area contributed by atoms with Crippen molar-refractivity contribution in [1.82, 2.24) is 0 Å². The van der Waals surface area contributed by atoms with Gasteiger partial charge in [-0.2, -0.15) is 0 Å². The molecule has 0 spiro atoms. The van der Waals surface area contributed by atoms with Gasteiger partial charge in [0, 0.05) is 66.2 Å². The zero-order chi connectivity index (χ0) is 48.0. The summed E-state index contributed by atoms with van der Waals surface area (Å²) in [6.07, 6.45) is 0. The van der Waals surface area contributed by atoms with Crippen molar-refractivity contribution in [1.29, 1.82) is 0 Å². The molecule has 15 aromatic rings. The number of para-hydroxylation sites is 6. The Morgan fingerprint density at radius 3 is 1.04 bits per heavy atom. The van der Waals surface area contributed by atoms with E-state index in [9.17, 15) is 0 Å². The number of fused-ring (bicyclic) bond motifs is 11. The minimum atomic E-state index is 0.837. The second-order valence-corrected chi connectivity index (χ2v) is 18.8. The van der Waals surface area contributed by atoms with E-state index in [2.05, 4.69) is 252 Å². The van der Waals surface area contributed by atoms with E-state index in [0.717, 1.165) is 144 Å². The number of nitrogens with zero attached hydrogens (tertiary/aromatic N) is 2. The average molecular weight is 935 g/mol. The topological polar surface area (TPSA) is 45.9 Å². The van der Waals surface area contributed by atoms with Crippen molar-refractivity contribution in [3.63, 3.8) is 0 Å². The first-order valence-corrected chi connectivity index (χ1v) is 24.7. The average Bonchev–Trinajstić information content (AvgIpc) is 4.15. The summed E-state index contributed by atoms with van der Waals surface area (Å²) in [6, 6.07) is 90.1. The van der Waals surface area contributed by atoms with Crippen molar-refractivity contribution in [2.75, 3.05) is 9.80 Å². The SMILES string of the molecule is c1ccc(-c2cccc3c2oc2c(N(c4ccccc4)c4ccc5cc6c(cc5c4)oc4cc5cc(N(c7ccccc7)c7cccc8c7oc7c(-c9ccccc9)cccc78)ccc5cc46)cccc23)cc1. The second kappa shape index (κ2) is 16.4. The smallest absolute Gasteiger partial charge is 0.159 e. The van der Waals surface area contributed by atoms with E-state index < -0.39 is 0 Å². The van der Waals surface area contributed by atoms with Crippen LogP contribution in [-0.2, 0) is 0 Å². The maximum Gasteiger partial charge on any atom is 0.159 e. The summed E-state index contributed by atoms with van der Waals surface area (Å²) < 4.78 is 20.7. The Hall–Kier alpha value is -9.84. The highest BCUT2D eigenvalue weighted by atomic mass is 16.3. The molecule has 3 heterocycles. The molecule has 0 fully saturated rings. The first-order valence-electron chi connectivity index (χ1n) is 24.7. The Bertz CT molecular complexity index is 4320. The standard InChI is InChI=1S/C68H42N2O3/c1-5-17-43(18-6-1)53-25-13-27-55-57-29-15-31-61(67(57)72-65(53)55)69(49-21-9-3-10-22-49)51-35-33-45-39-59-60-40-46-34-36-52(38-48(46)42-64(60)71-63(59)41-47(45)37-51)70(50-23-11-4-12-24-50)62-32-16-30-58-56-28-14-26-54(66(56)73-68(58)62)44-19-7-2-8-20-44/h1-42H. The van der Waals surface area contributed by atoms with Gasteiger partial charge in [-0.1, -0.05) is 170 Å². The molecule has 342 valence electrons. The molecule has 3 aromatic heterocycles. The van der Waals surface area contributed by atoms with Gasteiger partial charge >= 0.3 is 0 Å². The third-order valence-electron chi connectivity index (χ3n) is 14.6. The Morgan fingerprint density at radius 1 is 0.233 bits per heavy atom. The number of benzene rings is 12. The van der Waals surface area contributed by atoms with Crippen molar-refractivity contribution in [2.45, 2.75) is 0 Å². The third kappa shape index (κ3) is 6.63. The molecule has 15 rings (SSSR count). The largest absolute Gasteiger partial charge is 0.456 e. The van der Waals surface area contributed by atoms with E-state index in [1.807, 2.05) is 12.1 Å². The van der Waals surface area contributed by atoms with E-state index in [0.29, 0.717) is 0 Å². The lowest BCUT2D eigenvalue weighted by Gasteiger charge is -2.25. The highest BCUT2D eigenvalue weighted by Crippen LogP contribution is 2.47. The molecule has 0 atom stereocenters. The molecule has 0 radical (unpaired) electrons. The summed E-state index contributed by atoms with van der Waals surface area (Å²) in [5.41, 5.74) is 15.5. The normalized spacial score (nSPS) is 11.8. The van der Waals surface area contributed by atoms with Crippen LogP contribution in [0.3, 0.4) is 0 Å². The van der Waals surface area contributed by atoms with E-state index in [4.69, 9.17) is 13.3 Å². The van der Waals surface area contributed by atoms with Crippen LogP contribution in [0.4, 0.5) is 34.1 Å². The zero-order valence-corrected chi connectivity index (χ0v) is 39.4. The van der Waals surface area contributed by atoms with Gasteiger partial charge in [-0.05, 0) is 118 Å². The molecule has 0 aliphatic heterocycles. The van der Waals surface area contributed by atoms with E-state index in [-0.39, 0.29) is 0 Å². The van der Waals surface area contributed by atoms with Crippen molar-refractivity contribution < 1.29 is 13.3 Å². The van der Waals surface area contributed by atoms with Crippen molar-refractivity contribution >= 4 is 121 Å². The van der Waals surface area contributed by atoms with Gasteiger partial charge in [0.25, 0.3) is 0 Å². The molecule has 0 saturated carbocycles. The number of hydrogen-bond donors (Lipinski definition) is 0. The molecule has 5 heteroatoms. The van der Waals surface area contributed by atoms with E-state index >= 15 is 0 Å². The second-order valence-electron chi connectivity index (χ2n) is 18.8. The fraction of sp³-hybridized carbons (Fsp3) is 0. The Kier molecular flexibility index (Phi) is 9.19. The lowest BCUT2D eigenvalue weighted by atomic mass is 10.0. The fourth-order valence-corrected chi connectivity index (χ4v) is 11.2. The van der Waals surface area contributed by atoms with Crippen LogP contribution in [0.1, 0.15) is 0 Å². The minimum Gasteiger partial charge on any atom is -0.456 e. The van der Waals surface area contributed by atoms with Crippen molar-refractivity contribution in [3.05, 3.63) is 255 Å². The molecular formula is C68H42N2O3. The van der Waals surface area contributed by atoms with Crippen LogP contribution in [0, 0.1) is 0 Å². The Labute approximate surface area is 419 Å². The highest BCUT2D eigenvalue weighted by molar-refractivity contribution is 6.17. The van der Waals surface area contributed by atoms with Crippen LogP contribution in [0.2, 0.25) is 0 Å². The molecule has 5 nitrogen and oxygen atoms in total. The van der Waals surface area contributed by atoms with Gasteiger partial charge in [-0.3, -0.25) is 0 Å². The maximum absolute atomic E-state index is 6.95. The predicted molar refractivity (Wildman–Crippen MR) is 304 cm³/mol. The molecule has 0 saturated heterocycles. The van der Waals surface area contributed by atoms with Gasteiger partial charge < -0.3 is 23.1 Å². The number of hydrogen-bond acceptors (Lipinski definition) is 5. The molecule has 0 aliphatic carbocycles. The van der Waals surface area contributed by atoms with Crippen LogP contribution in [-0.4, -0.2) is 0 Å². The molecule has 73 heavy (non-hydrogen) atoms. The fourth-order valence-electron chi connectivity index (χ4n) is 11.2. The van der Waals surface area contributed by atoms with Gasteiger partial charge in [0.05, 0.1) is 11.4 Å². The van der Waals surface area contributed by atoms with Gasteiger partial charge in [-0.15, -0.1) is 0 Å². The summed E-state index contributed by atoms with van der Waals surface area (Å²) in [6.45, 7) is 0. The van der Waals surface area contributed by atoms with Gasteiger partial charge in [0.2, 0.25) is 0 Å². The van der Waals surface area contributed by atoms with Gasteiger partial charge in [0.15, 0.2) is 11.2 Å². The summed E-state index contributed by atoms with van der Waals surface area (Å²) >= 11 is 0. The number of anilines is 6. The van der Waals surface area contributed by atoms with Crippen LogP contribution < -0.4 is 9.80 Å². The van der Waals surface area contributed by atoms with Gasteiger partial charge in [0.1, 0.15) is 22.3 Å². The summed E-state index contributed by atoms with van der Waals surface area (Å²) in [5, 5.41) is 10.9. The Morgan fingerprint density at radius 2 is 0.616 bits per heavy atom. The number of furan rings is 3. The van der Waals surface area contributed by atoms with Crippen LogP contribution >= 0.6 is 0 Å². The third-order valence-corrected chi connectivity index (χ3v) is 14.6. The summed E-state index contributed by atoms with van der Waals surface area (Å²) in [5.74, 6) is 0. The molecule has 0 N–H and O–H groups in total. The lowest BCUT2D eigenvalue weighted by molar-refractivity contribution is 0.669. The first kappa shape index (κ1) is 41.0. The maximum atomic E-state index is 6.95. The van der Waals surface area contributed by atoms with E-state index in [1.54, 1.807) is 0 Å². The minimum absolute atomic E-state index is 0.837. The molecule has 0 unspecified atom stereocenters. The van der Waals surface area contributed by atoms with Crippen LogP contribution in [0.15, 0.2) is 268 Å². The molecule has 0 aliphatic rings. The quantitative estimate of drug-likeness (QED) is 0.152. The van der Waals surface area contributed by atoms with Crippen LogP contribution in [0.25, 0.3) is 110 Å². The lowest BCUT2D eigenvalue weighted by Crippen LogP contribution is -2.10. The Balaban J connectivity index is 0.845. The molecule has 0 bridgehead atoms. The number of rotatable bonds is 8.